The molecule has 1 fully saturated rings. The lowest BCUT2D eigenvalue weighted by Crippen LogP contribution is -2.18. The Morgan fingerprint density at radius 1 is 1.50 bits per heavy atom. The van der Waals surface area contributed by atoms with Crippen molar-refractivity contribution in [2.75, 3.05) is 18.0 Å². The summed E-state index contributed by atoms with van der Waals surface area (Å²) in [7, 11) is 1.66. The topological polar surface area (TPSA) is 58.4 Å². The van der Waals surface area contributed by atoms with Gasteiger partial charge in [0.25, 0.3) is 0 Å². The standard InChI is InChI=1S/C9H13N3O2/c1-11-7(9(13)14)6-8(10-11)12-4-2-3-5-12/h6H,2-5H2,1H3,(H,13,14). The third-order valence-electron chi connectivity index (χ3n) is 2.52. The fourth-order valence-corrected chi connectivity index (χ4v) is 1.75. The number of rotatable bonds is 2. The van der Waals surface area contributed by atoms with Crippen LogP contribution in [0.3, 0.4) is 0 Å². The highest BCUT2D eigenvalue weighted by Crippen LogP contribution is 2.19. The number of hydrogen-bond acceptors (Lipinski definition) is 3. The van der Waals surface area contributed by atoms with Gasteiger partial charge in [0.1, 0.15) is 5.69 Å². The normalized spacial score (nSPS) is 16.2. The van der Waals surface area contributed by atoms with Crippen LogP contribution in [0.1, 0.15) is 23.3 Å². The van der Waals surface area contributed by atoms with Crippen molar-refractivity contribution < 1.29 is 9.90 Å². The average Bonchev–Trinajstić information content (AvgIpc) is 2.70. The SMILES string of the molecule is Cn1nc(N2CCCC2)cc1C(=O)O. The molecule has 0 aromatic carbocycles. The van der Waals surface area contributed by atoms with Crippen LogP contribution in [-0.4, -0.2) is 33.9 Å². The van der Waals surface area contributed by atoms with Gasteiger partial charge in [-0.25, -0.2) is 4.79 Å². The van der Waals surface area contributed by atoms with Gasteiger partial charge in [0, 0.05) is 26.2 Å². The third kappa shape index (κ3) is 1.45. The van der Waals surface area contributed by atoms with Crippen LogP contribution in [0, 0.1) is 0 Å². The summed E-state index contributed by atoms with van der Waals surface area (Å²) in [6.07, 6.45) is 2.33. The second-order valence-corrected chi connectivity index (χ2v) is 3.51. The summed E-state index contributed by atoms with van der Waals surface area (Å²) >= 11 is 0. The summed E-state index contributed by atoms with van der Waals surface area (Å²) in [5.41, 5.74) is 0.243. The molecule has 1 aliphatic heterocycles. The predicted octanol–water partition coefficient (Wildman–Crippen LogP) is 0.719. The largest absolute Gasteiger partial charge is 0.477 e. The fourth-order valence-electron chi connectivity index (χ4n) is 1.75. The number of anilines is 1. The fraction of sp³-hybridized carbons (Fsp3) is 0.556. The van der Waals surface area contributed by atoms with Gasteiger partial charge >= 0.3 is 5.97 Å². The van der Waals surface area contributed by atoms with E-state index < -0.39 is 5.97 Å². The van der Waals surface area contributed by atoms with Gasteiger partial charge in [0.05, 0.1) is 0 Å². The predicted molar refractivity (Wildman–Crippen MR) is 51.6 cm³/mol. The van der Waals surface area contributed by atoms with Gasteiger partial charge in [-0.1, -0.05) is 0 Å². The van der Waals surface area contributed by atoms with Crippen molar-refractivity contribution in [3.05, 3.63) is 11.8 Å². The van der Waals surface area contributed by atoms with Crippen LogP contribution in [0.25, 0.3) is 0 Å². The van der Waals surface area contributed by atoms with E-state index in [1.807, 2.05) is 0 Å². The van der Waals surface area contributed by atoms with Crippen molar-refractivity contribution in [3.63, 3.8) is 0 Å². The Balaban J connectivity index is 2.27. The highest BCUT2D eigenvalue weighted by atomic mass is 16.4. The number of nitrogens with zero attached hydrogens (tertiary/aromatic N) is 3. The Morgan fingerprint density at radius 3 is 2.64 bits per heavy atom. The first-order chi connectivity index (χ1) is 6.68. The number of aromatic nitrogens is 2. The maximum Gasteiger partial charge on any atom is 0.354 e. The number of aryl methyl sites for hydroxylation is 1. The molecule has 1 aliphatic rings. The van der Waals surface area contributed by atoms with Gasteiger partial charge in [-0.2, -0.15) is 5.10 Å². The van der Waals surface area contributed by atoms with Crippen LogP contribution < -0.4 is 4.90 Å². The molecule has 0 unspecified atom stereocenters. The van der Waals surface area contributed by atoms with Crippen molar-refractivity contribution >= 4 is 11.8 Å². The summed E-state index contributed by atoms with van der Waals surface area (Å²) in [4.78, 5) is 12.9. The molecule has 14 heavy (non-hydrogen) atoms. The van der Waals surface area contributed by atoms with Crippen molar-refractivity contribution in [1.82, 2.24) is 9.78 Å². The highest BCUT2D eigenvalue weighted by Gasteiger charge is 2.18. The Morgan fingerprint density at radius 2 is 2.14 bits per heavy atom. The maximum atomic E-state index is 10.8. The first-order valence-corrected chi connectivity index (χ1v) is 4.71. The second kappa shape index (κ2) is 3.32. The average molecular weight is 195 g/mol. The summed E-state index contributed by atoms with van der Waals surface area (Å²) in [5.74, 6) is -0.146. The van der Waals surface area contributed by atoms with Crippen LogP contribution >= 0.6 is 0 Å². The van der Waals surface area contributed by atoms with Gasteiger partial charge in [-0.15, -0.1) is 0 Å². The van der Waals surface area contributed by atoms with E-state index in [1.54, 1.807) is 13.1 Å². The van der Waals surface area contributed by atoms with E-state index in [-0.39, 0.29) is 5.69 Å². The van der Waals surface area contributed by atoms with E-state index in [2.05, 4.69) is 10.00 Å². The first kappa shape index (κ1) is 9.05. The van der Waals surface area contributed by atoms with E-state index in [9.17, 15) is 4.79 Å². The Hall–Kier alpha value is -1.52. The minimum Gasteiger partial charge on any atom is -0.477 e. The Bertz CT molecular complexity index is 353. The number of hydrogen-bond donors (Lipinski definition) is 1. The molecule has 0 atom stereocenters. The smallest absolute Gasteiger partial charge is 0.354 e. The Kier molecular flexibility index (Phi) is 2.15. The van der Waals surface area contributed by atoms with Crippen molar-refractivity contribution in [2.24, 2.45) is 7.05 Å². The lowest BCUT2D eigenvalue weighted by atomic mass is 10.4. The Labute approximate surface area is 81.9 Å². The zero-order valence-electron chi connectivity index (χ0n) is 8.10. The molecular weight excluding hydrogens is 182 g/mol. The molecule has 5 nitrogen and oxygen atoms in total. The zero-order valence-corrected chi connectivity index (χ0v) is 8.10. The summed E-state index contributed by atoms with van der Waals surface area (Å²) in [6, 6.07) is 1.63. The molecule has 0 amide bonds. The highest BCUT2D eigenvalue weighted by molar-refractivity contribution is 5.86. The summed E-state index contributed by atoms with van der Waals surface area (Å²) in [6.45, 7) is 1.96. The lowest BCUT2D eigenvalue weighted by Gasteiger charge is -2.12. The number of carboxylic acids is 1. The number of carbonyl (C=O) groups is 1. The minimum absolute atomic E-state index is 0.243. The second-order valence-electron chi connectivity index (χ2n) is 3.51. The van der Waals surface area contributed by atoms with E-state index in [0.29, 0.717) is 0 Å². The van der Waals surface area contributed by atoms with Gasteiger partial charge in [-0.3, -0.25) is 4.68 Å². The molecule has 0 aliphatic carbocycles. The summed E-state index contributed by atoms with van der Waals surface area (Å²) in [5, 5.41) is 13.0. The van der Waals surface area contributed by atoms with Gasteiger partial charge in [0.15, 0.2) is 5.82 Å². The number of aromatic carboxylic acids is 1. The van der Waals surface area contributed by atoms with Crippen LogP contribution in [0.5, 0.6) is 0 Å². The molecule has 0 spiro atoms. The molecule has 0 radical (unpaired) electrons. The molecular formula is C9H13N3O2. The molecule has 5 heteroatoms. The number of carboxylic acid groups (broad SMARTS) is 1. The quantitative estimate of drug-likeness (QED) is 0.755. The van der Waals surface area contributed by atoms with E-state index in [1.165, 1.54) is 17.5 Å². The van der Waals surface area contributed by atoms with Crippen molar-refractivity contribution in [3.8, 4) is 0 Å². The zero-order chi connectivity index (χ0) is 10.1. The molecule has 76 valence electrons. The molecule has 0 saturated carbocycles. The molecule has 1 N–H and O–H groups in total. The van der Waals surface area contributed by atoms with E-state index in [4.69, 9.17) is 5.11 Å². The van der Waals surface area contributed by atoms with E-state index in [0.717, 1.165) is 18.9 Å². The van der Waals surface area contributed by atoms with Crippen LogP contribution in [0.4, 0.5) is 5.82 Å². The molecule has 1 aromatic rings. The van der Waals surface area contributed by atoms with Crippen LogP contribution in [-0.2, 0) is 7.05 Å². The van der Waals surface area contributed by atoms with Crippen molar-refractivity contribution in [2.45, 2.75) is 12.8 Å². The monoisotopic (exact) mass is 195 g/mol. The molecule has 2 rings (SSSR count). The molecule has 2 heterocycles. The molecule has 1 aromatic heterocycles. The van der Waals surface area contributed by atoms with Crippen LogP contribution in [0.15, 0.2) is 6.07 Å². The molecule has 0 bridgehead atoms. The van der Waals surface area contributed by atoms with Crippen LogP contribution in [0.2, 0.25) is 0 Å². The van der Waals surface area contributed by atoms with Gasteiger partial charge < -0.3 is 10.0 Å². The minimum atomic E-state index is -0.926. The van der Waals surface area contributed by atoms with Crippen molar-refractivity contribution in [1.29, 1.82) is 0 Å². The maximum absolute atomic E-state index is 10.8. The first-order valence-electron chi connectivity index (χ1n) is 4.71. The summed E-state index contributed by atoms with van der Waals surface area (Å²) < 4.78 is 1.41. The van der Waals surface area contributed by atoms with Gasteiger partial charge in [-0.05, 0) is 12.8 Å². The molecule has 1 saturated heterocycles. The van der Waals surface area contributed by atoms with Gasteiger partial charge in [0.2, 0.25) is 0 Å². The lowest BCUT2D eigenvalue weighted by molar-refractivity contribution is 0.0685. The van der Waals surface area contributed by atoms with E-state index >= 15 is 0 Å². The third-order valence-corrected chi connectivity index (χ3v) is 2.52.